The first-order chi connectivity index (χ1) is 8.27. The second-order valence-electron chi connectivity index (χ2n) is 4.54. The van der Waals surface area contributed by atoms with Gasteiger partial charge in [-0.25, -0.2) is 0 Å². The summed E-state index contributed by atoms with van der Waals surface area (Å²) in [6.45, 7) is 5.18. The number of nitrogens with one attached hydrogen (secondary N) is 1. The van der Waals surface area contributed by atoms with Gasteiger partial charge in [0, 0.05) is 25.0 Å². The molecule has 4 heteroatoms. The molecule has 1 saturated heterocycles. The van der Waals surface area contributed by atoms with Gasteiger partial charge < -0.3 is 5.32 Å². The van der Waals surface area contributed by atoms with Crippen molar-refractivity contribution >= 4 is 5.91 Å². The van der Waals surface area contributed by atoms with Crippen molar-refractivity contribution in [3.63, 3.8) is 0 Å². The smallest absolute Gasteiger partial charge is 0.252 e. The van der Waals surface area contributed by atoms with Gasteiger partial charge in [-0.15, -0.1) is 0 Å². The van der Waals surface area contributed by atoms with Crippen LogP contribution in [0.4, 0.5) is 0 Å². The van der Waals surface area contributed by atoms with E-state index in [0.717, 1.165) is 13.1 Å². The number of aromatic nitrogens is 1. The summed E-state index contributed by atoms with van der Waals surface area (Å²) in [5, 5.41) is 2.96. The van der Waals surface area contributed by atoms with Crippen LogP contribution in [0.5, 0.6) is 0 Å². The van der Waals surface area contributed by atoms with E-state index >= 15 is 0 Å². The molecule has 1 atom stereocenters. The average Bonchev–Trinajstić information content (AvgIpc) is 2.90. The van der Waals surface area contributed by atoms with Gasteiger partial charge in [0.2, 0.25) is 0 Å². The van der Waals surface area contributed by atoms with Gasteiger partial charge in [0.1, 0.15) is 0 Å². The number of hydrogen-bond acceptors (Lipinski definition) is 3. The highest BCUT2D eigenvalue weighted by Crippen LogP contribution is 2.10. The first kappa shape index (κ1) is 12.0. The first-order valence-electron chi connectivity index (χ1n) is 6.19. The maximum atomic E-state index is 11.8. The zero-order valence-corrected chi connectivity index (χ0v) is 10.2. The van der Waals surface area contributed by atoms with E-state index in [1.165, 1.54) is 12.8 Å². The monoisotopic (exact) mass is 233 g/mol. The summed E-state index contributed by atoms with van der Waals surface area (Å²) in [5.41, 5.74) is 0.626. The number of likely N-dealkylation sites (tertiary alicyclic amines) is 1. The molecule has 4 nitrogen and oxygen atoms in total. The Morgan fingerprint density at radius 2 is 2.29 bits per heavy atom. The van der Waals surface area contributed by atoms with Gasteiger partial charge in [-0.2, -0.15) is 0 Å². The molecule has 0 aromatic carbocycles. The third-order valence-electron chi connectivity index (χ3n) is 3.25. The summed E-state index contributed by atoms with van der Waals surface area (Å²) in [4.78, 5) is 18.2. The minimum atomic E-state index is -0.0378. The van der Waals surface area contributed by atoms with Gasteiger partial charge >= 0.3 is 0 Å². The Morgan fingerprint density at radius 3 is 2.94 bits per heavy atom. The molecule has 2 rings (SSSR count). The number of rotatable bonds is 4. The Hall–Kier alpha value is -1.42. The molecule has 17 heavy (non-hydrogen) atoms. The van der Waals surface area contributed by atoms with Crippen molar-refractivity contribution in [3.05, 3.63) is 30.1 Å². The van der Waals surface area contributed by atoms with E-state index in [4.69, 9.17) is 0 Å². The van der Waals surface area contributed by atoms with Crippen LogP contribution in [0.15, 0.2) is 24.5 Å². The van der Waals surface area contributed by atoms with Crippen molar-refractivity contribution in [1.29, 1.82) is 0 Å². The molecule has 0 unspecified atom stereocenters. The van der Waals surface area contributed by atoms with Crippen LogP contribution in [0.3, 0.4) is 0 Å². The molecule has 1 amide bonds. The van der Waals surface area contributed by atoms with Crippen molar-refractivity contribution in [2.75, 3.05) is 19.6 Å². The normalized spacial score (nSPS) is 17.9. The van der Waals surface area contributed by atoms with Gasteiger partial charge in [-0.05, 0) is 45.0 Å². The van der Waals surface area contributed by atoms with Crippen LogP contribution in [-0.2, 0) is 0 Å². The molecule has 0 aliphatic carbocycles. The average molecular weight is 233 g/mol. The van der Waals surface area contributed by atoms with E-state index in [9.17, 15) is 4.79 Å². The van der Waals surface area contributed by atoms with E-state index in [1.54, 1.807) is 24.5 Å². The molecule has 92 valence electrons. The molecule has 0 spiro atoms. The summed E-state index contributed by atoms with van der Waals surface area (Å²) in [6.07, 6.45) is 5.82. The van der Waals surface area contributed by atoms with Gasteiger partial charge in [0.15, 0.2) is 0 Å². The highest BCUT2D eigenvalue weighted by Gasteiger charge is 2.18. The van der Waals surface area contributed by atoms with E-state index in [0.29, 0.717) is 18.2 Å². The van der Waals surface area contributed by atoms with Crippen molar-refractivity contribution in [1.82, 2.24) is 15.2 Å². The van der Waals surface area contributed by atoms with Gasteiger partial charge in [-0.3, -0.25) is 14.7 Å². The third-order valence-corrected chi connectivity index (χ3v) is 3.25. The van der Waals surface area contributed by atoms with Gasteiger partial charge in [0.05, 0.1) is 5.56 Å². The van der Waals surface area contributed by atoms with Crippen LogP contribution < -0.4 is 5.32 Å². The van der Waals surface area contributed by atoms with Crippen LogP contribution in [0, 0.1) is 0 Å². The van der Waals surface area contributed by atoms with Crippen LogP contribution in [0.1, 0.15) is 30.1 Å². The van der Waals surface area contributed by atoms with Crippen molar-refractivity contribution in [2.45, 2.75) is 25.8 Å². The number of nitrogens with zero attached hydrogens (tertiary/aromatic N) is 2. The fraction of sp³-hybridized carbons (Fsp3) is 0.538. The van der Waals surface area contributed by atoms with Gasteiger partial charge in [-0.1, -0.05) is 0 Å². The lowest BCUT2D eigenvalue weighted by Crippen LogP contribution is -2.40. The lowest BCUT2D eigenvalue weighted by molar-refractivity contribution is 0.0940. The molecule has 1 aliphatic rings. The van der Waals surface area contributed by atoms with E-state index in [1.807, 2.05) is 0 Å². The number of pyridine rings is 1. The number of carbonyl (C=O) groups excluding carboxylic acids is 1. The molecular weight excluding hydrogens is 214 g/mol. The maximum Gasteiger partial charge on any atom is 0.252 e. The summed E-state index contributed by atoms with van der Waals surface area (Å²) in [5.74, 6) is -0.0378. The Bertz CT molecular complexity index is 360. The Balaban J connectivity index is 1.80. The number of hydrogen-bond donors (Lipinski definition) is 1. The highest BCUT2D eigenvalue weighted by atomic mass is 16.1. The van der Waals surface area contributed by atoms with Crippen molar-refractivity contribution in [2.24, 2.45) is 0 Å². The second-order valence-corrected chi connectivity index (χ2v) is 4.54. The largest absolute Gasteiger partial charge is 0.350 e. The fourth-order valence-electron chi connectivity index (χ4n) is 2.15. The molecule has 0 saturated carbocycles. The predicted molar refractivity (Wildman–Crippen MR) is 66.8 cm³/mol. The van der Waals surface area contributed by atoms with Crippen LogP contribution >= 0.6 is 0 Å². The summed E-state index contributed by atoms with van der Waals surface area (Å²) in [7, 11) is 0. The fourth-order valence-corrected chi connectivity index (χ4v) is 2.15. The molecule has 1 aromatic rings. The van der Waals surface area contributed by atoms with E-state index in [2.05, 4.69) is 22.1 Å². The zero-order chi connectivity index (χ0) is 12.1. The Labute approximate surface area is 102 Å². The molecule has 1 aliphatic heterocycles. The first-order valence-corrected chi connectivity index (χ1v) is 6.19. The minimum absolute atomic E-state index is 0.0378. The summed E-state index contributed by atoms with van der Waals surface area (Å²) < 4.78 is 0. The summed E-state index contributed by atoms with van der Waals surface area (Å²) in [6, 6.07) is 3.97. The predicted octanol–water partition coefficient (Wildman–Crippen LogP) is 1.30. The highest BCUT2D eigenvalue weighted by molar-refractivity contribution is 5.93. The minimum Gasteiger partial charge on any atom is -0.350 e. The van der Waals surface area contributed by atoms with E-state index < -0.39 is 0 Å². The standard InChI is InChI=1S/C13H19N3O/c1-11(16-7-2-3-8-16)9-15-13(17)12-5-4-6-14-10-12/h4-6,10-11H,2-3,7-9H2,1H3,(H,15,17)/t11-/m1/s1. The zero-order valence-electron chi connectivity index (χ0n) is 10.2. The van der Waals surface area contributed by atoms with Crippen molar-refractivity contribution < 1.29 is 4.79 Å². The number of amides is 1. The summed E-state index contributed by atoms with van der Waals surface area (Å²) >= 11 is 0. The van der Waals surface area contributed by atoms with Crippen LogP contribution in [-0.4, -0.2) is 41.5 Å². The number of carbonyl (C=O) groups is 1. The molecule has 0 radical (unpaired) electrons. The maximum absolute atomic E-state index is 11.8. The van der Waals surface area contributed by atoms with Crippen LogP contribution in [0.25, 0.3) is 0 Å². The molecule has 0 bridgehead atoms. The molecule has 1 fully saturated rings. The Kier molecular flexibility index (Phi) is 4.09. The SMILES string of the molecule is C[C@H](CNC(=O)c1cccnc1)N1CCCC1. The van der Waals surface area contributed by atoms with Crippen molar-refractivity contribution in [3.8, 4) is 0 Å². The molecule has 2 heterocycles. The second kappa shape index (κ2) is 5.77. The molecule has 1 aromatic heterocycles. The van der Waals surface area contributed by atoms with E-state index in [-0.39, 0.29) is 5.91 Å². The van der Waals surface area contributed by atoms with Gasteiger partial charge in [0.25, 0.3) is 5.91 Å². The topological polar surface area (TPSA) is 45.2 Å². The lowest BCUT2D eigenvalue weighted by Gasteiger charge is -2.23. The molecular formula is C13H19N3O. The Morgan fingerprint density at radius 1 is 1.53 bits per heavy atom. The van der Waals surface area contributed by atoms with Crippen LogP contribution in [0.2, 0.25) is 0 Å². The lowest BCUT2D eigenvalue weighted by atomic mass is 10.2. The quantitative estimate of drug-likeness (QED) is 0.852. The third kappa shape index (κ3) is 3.27. The molecule has 1 N–H and O–H groups in total.